The lowest BCUT2D eigenvalue weighted by molar-refractivity contribution is 0.0714. The third-order valence-electron chi connectivity index (χ3n) is 6.61. The van der Waals surface area contributed by atoms with Crippen LogP contribution in [0.4, 0.5) is 17.2 Å². The summed E-state index contributed by atoms with van der Waals surface area (Å²) in [6.07, 6.45) is 1.52. The predicted octanol–water partition coefficient (Wildman–Crippen LogP) is 5.36. The number of fused-ring (bicyclic) bond motifs is 1. The van der Waals surface area contributed by atoms with Crippen molar-refractivity contribution in [2.45, 2.75) is 13.8 Å². The second-order valence-electron chi connectivity index (χ2n) is 9.34. The van der Waals surface area contributed by atoms with Crippen LogP contribution in [0.15, 0.2) is 71.3 Å². The van der Waals surface area contributed by atoms with Crippen LogP contribution in [0.5, 0.6) is 0 Å². The maximum absolute atomic E-state index is 12.6. The van der Waals surface area contributed by atoms with Crippen LogP contribution in [0, 0.1) is 13.8 Å². The highest BCUT2D eigenvalue weighted by Gasteiger charge is 2.25. The van der Waals surface area contributed by atoms with E-state index in [9.17, 15) is 4.79 Å². The van der Waals surface area contributed by atoms with Crippen molar-refractivity contribution >= 4 is 40.5 Å². The molecule has 0 spiro atoms. The Morgan fingerprint density at radius 2 is 1.76 bits per heavy atom. The van der Waals surface area contributed by atoms with E-state index in [-0.39, 0.29) is 5.91 Å². The third kappa shape index (κ3) is 4.68. The molecule has 10 heteroatoms. The predicted molar refractivity (Wildman–Crippen MR) is 147 cm³/mol. The van der Waals surface area contributed by atoms with Crippen molar-refractivity contribution in [3.63, 3.8) is 0 Å². The number of hydrogen-bond donors (Lipinski definition) is 1. The molecule has 0 unspecified atom stereocenters. The van der Waals surface area contributed by atoms with E-state index in [4.69, 9.17) is 21.1 Å². The Bertz CT molecular complexity index is 1600. The summed E-state index contributed by atoms with van der Waals surface area (Å²) < 4.78 is 6.96. The van der Waals surface area contributed by atoms with Crippen LogP contribution >= 0.6 is 11.6 Å². The maximum atomic E-state index is 12.6. The Kier molecular flexibility index (Phi) is 6.21. The lowest BCUT2D eigenvalue weighted by Crippen LogP contribution is -2.48. The maximum Gasteiger partial charge on any atom is 0.289 e. The van der Waals surface area contributed by atoms with Gasteiger partial charge >= 0.3 is 0 Å². The number of aromatic nitrogens is 4. The molecule has 4 heterocycles. The number of amides is 1. The number of nitrogens with zero attached hydrogens (tertiary/aromatic N) is 6. The smallest absolute Gasteiger partial charge is 0.289 e. The van der Waals surface area contributed by atoms with Crippen molar-refractivity contribution in [2.75, 3.05) is 36.4 Å². The van der Waals surface area contributed by atoms with Gasteiger partial charge in [0.1, 0.15) is 5.82 Å². The second-order valence-corrected chi connectivity index (χ2v) is 9.75. The number of piperazine rings is 1. The van der Waals surface area contributed by atoms with Crippen molar-refractivity contribution in [3.05, 3.63) is 89.0 Å². The van der Waals surface area contributed by atoms with E-state index >= 15 is 0 Å². The van der Waals surface area contributed by atoms with E-state index in [1.165, 1.54) is 11.8 Å². The lowest BCUT2D eigenvalue weighted by atomic mass is 10.1. The average Bonchev–Trinajstić information content (AvgIpc) is 3.60. The Morgan fingerprint density at radius 3 is 2.47 bits per heavy atom. The Hall–Kier alpha value is -4.37. The summed E-state index contributed by atoms with van der Waals surface area (Å²) in [4.78, 5) is 25.8. The fourth-order valence-corrected chi connectivity index (χ4v) is 4.90. The quantitative estimate of drug-likeness (QED) is 0.329. The first-order valence-electron chi connectivity index (χ1n) is 12.4. The van der Waals surface area contributed by atoms with E-state index in [0.29, 0.717) is 48.6 Å². The number of hydrogen-bond acceptors (Lipinski definition) is 7. The van der Waals surface area contributed by atoms with Crippen molar-refractivity contribution in [3.8, 4) is 11.4 Å². The van der Waals surface area contributed by atoms with E-state index < -0.39 is 0 Å². The number of halogens is 1. The lowest BCUT2D eigenvalue weighted by Gasteiger charge is -2.36. The van der Waals surface area contributed by atoms with Crippen LogP contribution in [-0.2, 0) is 0 Å². The molecule has 5 aromatic rings. The molecule has 0 radical (unpaired) electrons. The SMILES string of the molecule is Cc1ccc(-c2nc3nc(C)cc(Nc4ccc(N5CCN(C(=O)c6ccco6)CC5)c(Cl)c4)n3n2)cc1. The first-order valence-corrected chi connectivity index (χ1v) is 12.8. The fourth-order valence-electron chi connectivity index (χ4n) is 4.60. The van der Waals surface area contributed by atoms with E-state index in [2.05, 4.69) is 20.2 Å². The van der Waals surface area contributed by atoms with Crippen LogP contribution in [-0.4, -0.2) is 56.6 Å². The van der Waals surface area contributed by atoms with Gasteiger partial charge in [-0.1, -0.05) is 41.4 Å². The zero-order valence-electron chi connectivity index (χ0n) is 21.1. The van der Waals surface area contributed by atoms with Gasteiger partial charge in [0.05, 0.1) is 17.0 Å². The number of nitrogens with one attached hydrogen (secondary N) is 1. The number of rotatable bonds is 5. The number of carbonyl (C=O) groups excluding carboxylic acids is 1. The zero-order valence-corrected chi connectivity index (χ0v) is 21.8. The molecule has 2 aromatic carbocycles. The molecule has 0 aliphatic carbocycles. The van der Waals surface area contributed by atoms with Crippen LogP contribution in [0.25, 0.3) is 17.2 Å². The van der Waals surface area contributed by atoms with Gasteiger partial charge in [0, 0.05) is 49.2 Å². The van der Waals surface area contributed by atoms with Crippen LogP contribution < -0.4 is 10.2 Å². The Morgan fingerprint density at radius 1 is 0.974 bits per heavy atom. The van der Waals surface area contributed by atoms with Gasteiger partial charge in [-0.05, 0) is 44.2 Å². The number of anilines is 3. The molecule has 1 N–H and O–H groups in total. The summed E-state index contributed by atoms with van der Waals surface area (Å²) >= 11 is 6.73. The average molecular weight is 528 g/mol. The van der Waals surface area contributed by atoms with Gasteiger partial charge < -0.3 is 19.5 Å². The summed E-state index contributed by atoms with van der Waals surface area (Å²) in [5.41, 5.74) is 4.69. The van der Waals surface area contributed by atoms with E-state index in [0.717, 1.165) is 28.5 Å². The second kappa shape index (κ2) is 9.83. The van der Waals surface area contributed by atoms with E-state index in [1.54, 1.807) is 21.5 Å². The molecule has 0 bridgehead atoms. The number of aryl methyl sites for hydroxylation is 2. The van der Waals surface area contributed by atoms with Gasteiger partial charge in [-0.2, -0.15) is 9.50 Å². The van der Waals surface area contributed by atoms with Crippen LogP contribution in [0.3, 0.4) is 0 Å². The van der Waals surface area contributed by atoms with Gasteiger partial charge in [-0.3, -0.25) is 4.79 Å². The molecule has 38 heavy (non-hydrogen) atoms. The molecule has 0 saturated carbocycles. The van der Waals surface area contributed by atoms with Gasteiger partial charge in [0.15, 0.2) is 11.6 Å². The molecule has 1 saturated heterocycles. The first-order chi connectivity index (χ1) is 18.4. The van der Waals surface area contributed by atoms with Gasteiger partial charge in [-0.15, -0.1) is 5.10 Å². The number of carbonyl (C=O) groups is 1. The standard InChI is InChI=1S/C28H26ClN7O2/c1-18-5-7-20(8-6-18)26-32-28-30-19(2)16-25(36(28)33-26)31-21-9-10-23(22(29)17-21)34-11-13-35(14-12-34)27(37)24-4-3-15-38-24/h3-10,15-17,31H,11-14H2,1-2H3. The van der Waals surface area contributed by atoms with Crippen molar-refractivity contribution in [2.24, 2.45) is 0 Å². The van der Waals surface area contributed by atoms with E-state index in [1.807, 2.05) is 62.4 Å². The molecular weight excluding hydrogens is 502 g/mol. The third-order valence-corrected chi connectivity index (χ3v) is 6.91. The fraction of sp³-hybridized carbons (Fsp3) is 0.214. The largest absolute Gasteiger partial charge is 0.459 e. The highest BCUT2D eigenvalue weighted by atomic mass is 35.5. The molecule has 1 fully saturated rings. The first kappa shape index (κ1) is 24.0. The number of benzene rings is 2. The topological polar surface area (TPSA) is 91.8 Å². The molecule has 1 aliphatic heterocycles. The van der Waals surface area contributed by atoms with Crippen molar-refractivity contribution in [1.82, 2.24) is 24.5 Å². The highest BCUT2D eigenvalue weighted by molar-refractivity contribution is 6.33. The highest BCUT2D eigenvalue weighted by Crippen LogP contribution is 2.31. The Labute approximate surface area is 224 Å². The molecule has 0 atom stereocenters. The summed E-state index contributed by atoms with van der Waals surface area (Å²) in [6.45, 7) is 6.54. The molecular formula is C28H26ClN7O2. The summed E-state index contributed by atoms with van der Waals surface area (Å²) in [7, 11) is 0. The monoisotopic (exact) mass is 527 g/mol. The van der Waals surface area contributed by atoms with Crippen molar-refractivity contribution < 1.29 is 9.21 Å². The Balaban J connectivity index is 1.19. The number of furan rings is 1. The summed E-state index contributed by atoms with van der Waals surface area (Å²) in [5, 5.41) is 8.75. The minimum absolute atomic E-state index is 0.0853. The molecule has 6 rings (SSSR count). The molecule has 1 amide bonds. The minimum Gasteiger partial charge on any atom is -0.459 e. The molecule has 3 aromatic heterocycles. The molecule has 1 aliphatic rings. The van der Waals surface area contributed by atoms with Gasteiger partial charge in [-0.25, -0.2) is 4.98 Å². The molecule has 192 valence electrons. The minimum atomic E-state index is -0.0853. The summed E-state index contributed by atoms with van der Waals surface area (Å²) in [6, 6.07) is 19.3. The zero-order chi connectivity index (χ0) is 26.2. The van der Waals surface area contributed by atoms with Gasteiger partial charge in [0.25, 0.3) is 11.7 Å². The summed E-state index contributed by atoms with van der Waals surface area (Å²) in [5.74, 6) is 2.16. The van der Waals surface area contributed by atoms with Gasteiger partial charge in [0.2, 0.25) is 0 Å². The normalized spacial score (nSPS) is 13.8. The van der Waals surface area contributed by atoms with Crippen LogP contribution in [0.2, 0.25) is 5.02 Å². The molecule has 9 nitrogen and oxygen atoms in total. The van der Waals surface area contributed by atoms with Crippen molar-refractivity contribution in [1.29, 1.82) is 0 Å². The van der Waals surface area contributed by atoms with Crippen LogP contribution in [0.1, 0.15) is 21.8 Å².